The van der Waals surface area contributed by atoms with Crippen LogP contribution in [0.15, 0.2) is 24.3 Å². The van der Waals surface area contributed by atoms with Crippen molar-refractivity contribution in [2.24, 2.45) is 0 Å². The van der Waals surface area contributed by atoms with Crippen LogP contribution in [0.2, 0.25) is 0 Å². The SMILES string of the molecule is O=C1CC(Oc2ccc(C(F)(F)F)cc2)C1. The summed E-state index contributed by atoms with van der Waals surface area (Å²) in [6.45, 7) is 0. The van der Waals surface area contributed by atoms with Gasteiger partial charge in [-0.05, 0) is 24.3 Å². The van der Waals surface area contributed by atoms with Crippen molar-refractivity contribution >= 4 is 5.78 Å². The molecule has 0 aromatic heterocycles. The minimum atomic E-state index is -4.33. The van der Waals surface area contributed by atoms with Crippen molar-refractivity contribution in [2.45, 2.75) is 25.1 Å². The molecule has 0 unspecified atom stereocenters. The summed E-state index contributed by atoms with van der Waals surface area (Å²) in [5, 5.41) is 0. The van der Waals surface area contributed by atoms with E-state index in [1.807, 2.05) is 0 Å². The Balaban J connectivity index is 2.00. The molecule has 1 aliphatic carbocycles. The van der Waals surface area contributed by atoms with Crippen LogP contribution in [0.25, 0.3) is 0 Å². The molecule has 1 aliphatic rings. The summed E-state index contributed by atoms with van der Waals surface area (Å²) in [4.78, 5) is 10.7. The second-order valence-corrected chi connectivity index (χ2v) is 3.71. The number of benzene rings is 1. The quantitative estimate of drug-likeness (QED) is 0.780. The Bertz CT molecular complexity index is 387. The monoisotopic (exact) mass is 230 g/mol. The van der Waals surface area contributed by atoms with Crippen molar-refractivity contribution < 1.29 is 22.7 Å². The molecule has 0 heterocycles. The van der Waals surface area contributed by atoms with Crippen LogP contribution in [-0.2, 0) is 11.0 Å². The Morgan fingerprint density at radius 1 is 1.12 bits per heavy atom. The number of halogens is 3. The number of ether oxygens (including phenoxy) is 1. The van der Waals surface area contributed by atoms with Gasteiger partial charge in [0.15, 0.2) is 0 Å². The number of alkyl halides is 3. The summed E-state index contributed by atoms with van der Waals surface area (Å²) in [6.07, 6.45) is -3.81. The summed E-state index contributed by atoms with van der Waals surface area (Å²) in [7, 11) is 0. The number of ketones is 1. The zero-order valence-corrected chi connectivity index (χ0v) is 8.25. The number of hydrogen-bond acceptors (Lipinski definition) is 2. The van der Waals surface area contributed by atoms with E-state index >= 15 is 0 Å². The molecule has 0 atom stereocenters. The van der Waals surface area contributed by atoms with Crippen molar-refractivity contribution in [3.8, 4) is 5.75 Å². The van der Waals surface area contributed by atoms with Gasteiger partial charge in [0.1, 0.15) is 17.6 Å². The fraction of sp³-hybridized carbons (Fsp3) is 0.364. The zero-order valence-electron chi connectivity index (χ0n) is 8.25. The van der Waals surface area contributed by atoms with E-state index in [0.717, 1.165) is 12.1 Å². The smallest absolute Gasteiger partial charge is 0.416 e. The Morgan fingerprint density at radius 2 is 1.69 bits per heavy atom. The Kier molecular flexibility index (Phi) is 2.61. The van der Waals surface area contributed by atoms with E-state index in [0.29, 0.717) is 18.6 Å². The molecule has 0 bridgehead atoms. The zero-order chi connectivity index (χ0) is 11.8. The van der Waals surface area contributed by atoms with E-state index < -0.39 is 11.7 Å². The molecule has 1 aromatic carbocycles. The maximum absolute atomic E-state index is 12.2. The van der Waals surface area contributed by atoms with Gasteiger partial charge in [-0.2, -0.15) is 13.2 Å². The van der Waals surface area contributed by atoms with Crippen molar-refractivity contribution in [3.05, 3.63) is 29.8 Å². The first-order chi connectivity index (χ1) is 7.45. The van der Waals surface area contributed by atoms with Crippen LogP contribution in [0, 0.1) is 0 Å². The van der Waals surface area contributed by atoms with Crippen molar-refractivity contribution in [1.82, 2.24) is 0 Å². The van der Waals surface area contributed by atoms with E-state index in [9.17, 15) is 18.0 Å². The van der Waals surface area contributed by atoms with Crippen molar-refractivity contribution in [2.75, 3.05) is 0 Å². The van der Waals surface area contributed by atoms with Crippen LogP contribution in [0.4, 0.5) is 13.2 Å². The fourth-order valence-corrected chi connectivity index (χ4v) is 1.45. The average molecular weight is 230 g/mol. The van der Waals surface area contributed by atoms with Gasteiger partial charge in [0.25, 0.3) is 0 Å². The third-order valence-corrected chi connectivity index (χ3v) is 2.40. The van der Waals surface area contributed by atoms with Crippen molar-refractivity contribution in [1.29, 1.82) is 0 Å². The standard InChI is InChI=1S/C11H9F3O2/c12-11(13,14)7-1-3-9(4-2-7)16-10-5-8(15)6-10/h1-4,10H,5-6H2. The maximum Gasteiger partial charge on any atom is 0.416 e. The minimum Gasteiger partial charge on any atom is -0.490 e. The average Bonchev–Trinajstić information content (AvgIpc) is 2.15. The number of carbonyl (C=O) groups is 1. The molecule has 2 rings (SSSR count). The fourth-order valence-electron chi connectivity index (χ4n) is 1.45. The molecular formula is C11H9F3O2. The van der Waals surface area contributed by atoms with Crippen LogP contribution in [0.5, 0.6) is 5.75 Å². The predicted molar refractivity (Wildman–Crippen MR) is 50.1 cm³/mol. The molecule has 1 aromatic rings. The maximum atomic E-state index is 12.2. The number of carbonyl (C=O) groups excluding carboxylic acids is 1. The van der Waals surface area contributed by atoms with E-state index in [4.69, 9.17) is 4.74 Å². The van der Waals surface area contributed by atoms with Crippen LogP contribution in [0.1, 0.15) is 18.4 Å². The summed E-state index contributed by atoms with van der Waals surface area (Å²) >= 11 is 0. The molecule has 1 fully saturated rings. The third kappa shape index (κ3) is 2.35. The number of rotatable bonds is 2. The van der Waals surface area contributed by atoms with Gasteiger partial charge in [-0.1, -0.05) is 0 Å². The molecule has 0 aliphatic heterocycles. The summed E-state index contributed by atoms with van der Waals surface area (Å²) < 4.78 is 42.0. The first-order valence-corrected chi connectivity index (χ1v) is 4.81. The topological polar surface area (TPSA) is 26.3 Å². The lowest BCUT2D eigenvalue weighted by Gasteiger charge is -2.25. The van der Waals surface area contributed by atoms with E-state index in [-0.39, 0.29) is 11.9 Å². The van der Waals surface area contributed by atoms with Gasteiger partial charge >= 0.3 is 6.18 Å². The van der Waals surface area contributed by atoms with E-state index in [2.05, 4.69) is 0 Å². The molecule has 5 heteroatoms. The van der Waals surface area contributed by atoms with Crippen molar-refractivity contribution in [3.63, 3.8) is 0 Å². The highest BCUT2D eigenvalue weighted by Gasteiger charge is 2.31. The molecular weight excluding hydrogens is 221 g/mol. The summed E-state index contributed by atoms with van der Waals surface area (Å²) in [5.41, 5.74) is -0.704. The lowest BCUT2D eigenvalue weighted by molar-refractivity contribution is -0.137. The van der Waals surface area contributed by atoms with Crippen LogP contribution < -0.4 is 4.74 Å². The van der Waals surface area contributed by atoms with Crippen LogP contribution in [-0.4, -0.2) is 11.9 Å². The minimum absolute atomic E-state index is 0.122. The first-order valence-electron chi connectivity index (χ1n) is 4.81. The second-order valence-electron chi connectivity index (χ2n) is 3.71. The van der Waals surface area contributed by atoms with Gasteiger partial charge in [0.2, 0.25) is 0 Å². The molecule has 2 nitrogen and oxygen atoms in total. The molecule has 16 heavy (non-hydrogen) atoms. The lowest BCUT2D eigenvalue weighted by atomic mass is 9.94. The number of hydrogen-bond donors (Lipinski definition) is 0. The Labute approximate surface area is 90.0 Å². The molecule has 0 spiro atoms. The molecule has 0 N–H and O–H groups in total. The second kappa shape index (κ2) is 3.81. The van der Waals surface area contributed by atoms with Gasteiger partial charge in [-0.25, -0.2) is 0 Å². The van der Waals surface area contributed by atoms with Gasteiger partial charge in [0.05, 0.1) is 5.56 Å². The number of Topliss-reactive ketones (excluding diaryl/α,β-unsaturated/α-hetero) is 1. The lowest BCUT2D eigenvalue weighted by Crippen LogP contribution is -2.33. The Morgan fingerprint density at radius 3 is 2.12 bits per heavy atom. The molecule has 0 saturated heterocycles. The summed E-state index contributed by atoms with van der Waals surface area (Å²) in [5.74, 6) is 0.488. The van der Waals surface area contributed by atoms with E-state index in [1.54, 1.807) is 0 Å². The molecule has 0 radical (unpaired) electrons. The van der Waals surface area contributed by atoms with Crippen LogP contribution >= 0.6 is 0 Å². The highest BCUT2D eigenvalue weighted by atomic mass is 19.4. The third-order valence-electron chi connectivity index (χ3n) is 2.40. The first kappa shape index (κ1) is 11.0. The van der Waals surface area contributed by atoms with Crippen LogP contribution in [0.3, 0.4) is 0 Å². The van der Waals surface area contributed by atoms with Gasteiger partial charge in [-0.15, -0.1) is 0 Å². The molecule has 1 saturated carbocycles. The van der Waals surface area contributed by atoms with Gasteiger partial charge in [0, 0.05) is 12.8 Å². The predicted octanol–water partition coefficient (Wildman–Crippen LogP) is 2.82. The molecule has 0 amide bonds. The summed E-state index contributed by atoms with van der Waals surface area (Å²) in [6, 6.07) is 4.48. The van der Waals surface area contributed by atoms with E-state index in [1.165, 1.54) is 12.1 Å². The van der Waals surface area contributed by atoms with Gasteiger partial charge < -0.3 is 4.74 Å². The Hall–Kier alpha value is -1.52. The normalized spacial score (nSPS) is 17.1. The molecule has 86 valence electrons. The largest absolute Gasteiger partial charge is 0.490 e. The highest BCUT2D eigenvalue weighted by molar-refractivity contribution is 5.85. The highest BCUT2D eigenvalue weighted by Crippen LogP contribution is 2.31. The van der Waals surface area contributed by atoms with Gasteiger partial charge in [-0.3, -0.25) is 4.79 Å².